The first-order valence-electron chi connectivity index (χ1n) is 8.76. The van der Waals surface area contributed by atoms with Crippen molar-refractivity contribution in [2.45, 2.75) is 6.42 Å². The van der Waals surface area contributed by atoms with Crippen molar-refractivity contribution in [3.05, 3.63) is 39.4 Å². The number of nitrogens with zero attached hydrogens (tertiary/aromatic N) is 3. The van der Waals surface area contributed by atoms with Crippen molar-refractivity contribution < 1.29 is 29.0 Å². The molecule has 1 aromatic rings. The maximum Gasteiger partial charge on any atom is 0.294 e. The van der Waals surface area contributed by atoms with Gasteiger partial charge in [-0.05, 0) is 24.6 Å². The third-order valence-corrected chi connectivity index (χ3v) is 4.44. The van der Waals surface area contributed by atoms with E-state index in [1.54, 1.807) is 18.2 Å². The van der Waals surface area contributed by atoms with Gasteiger partial charge in [0.15, 0.2) is 0 Å². The zero-order chi connectivity index (χ0) is 19.2. The molecule has 0 atom stereocenters. The SMILES string of the molecule is O=C1c2ccc(OCCN3CCOCC3)cc2C(=O)N1CCCO[N+](=O)[O-]. The number of morpholine rings is 1. The summed E-state index contributed by atoms with van der Waals surface area (Å²) in [6.07, 6.45) is 0.190. The van der Waals surface area contributed by atoms with E-state index in [1.807, 2.05) is 0 Å². The van der Waals surface area contributed by atoms with Crippen molar-refractivity contribution in [1.29, 1.82) is 0 Å². The Kier molecular flexibility index (Phi) is 6.20. The summed E-state index contributed by atoms with van der Waals surface area (Å²) in [5.74, 6) is -0.299. The number of carbonyl (C=O) groups excluding carboxylic acids is 2. The molecular formula is C17H21N3O7. The number of amides is 2. The Morgan fingerprint density at radius 3 is 2.56 bits per heavy atom. The molecule has 1 saturated heterocycles. The van der Waals surface area contributed by atoms with Crippen LogP contribution in [0.3, 0.4) is 0 Å². The van der Waals surface area contributed by atoms with Gasteiger partial charge in [-0.25, -0.2) is 0 Å². The van der Waals surface area contributed by atoms with E-state index in [0.717, 1.165) is 37.7 Å². The number of rotatable bonds is 9. The molecule has 2 amide bonds. The van der Waals surface area contributed by atoms with Crippen LogP contribution in [0, 0.1) is 10.1 Å². The second-order valence-corrected chi connectivity index (χ2v) is 6.18. The summed E-state index contributed by atoms with van der Waals surface area (Å²) in [4.78, 5) is 42.5. The van der Waals surface area contributed by atoms with E-state index in [9.17, 15) is 19.7 Å². The number of benzene rings is 1. The first-order valence-corrected chi connectivity index (χ1v) is 8.76. The van der Waals surface area contributed by atoms with Crippen LogP contribution in [0.25, 0.3) is 0 Å². The summed E-state index contributed by atoms with van der Waals surface area (Å²) in [6.45, 7) is 4.31. The average molecular weight is 379 g/mol. The number of ether oxygens (including phenoxy) is 2. The van der Waals surface area contributed by atoms with Gasteiger partial charge in [0.1, 0.15) is 12.4 Å². The summed E-state index contributed by atoms with van der Waals surface area (Å²) < 4.78 is 11.0. The largest absolute Gasteiger partial charge is 0.492 e. The van der Waals surface area contributed by atoms with Gasteiger partial charge in [-0.3, -0.25) is 19.4 Å². The fraction of sp³-hybridized carbons (Fsp3) is 0.529. The van der Waals surface area contributed by atoms with Gasteiger partial charge < -0.3 is 14.3 Å². The maximum absolute atomic E-state index is 12.5. The maximum atomic E-state index is 12.5. The highest BCUT2D eigenvalue weighted by Crippen LogP contribution is 2.27. The molecule has 0 aromatic heterocycles. The van der Waals surface area contributed by atoms with E-state index in [0.29, 0.717) is 23.5 Å². The Morgan fingerprint density at radius 2 is 1.81 bits per heavy atom. The van der Waals surface area contributed by atoms with E-state index in [-0.39, 0.29) is 19.6 Å². The number of hydrogen-bond donors (Lipinski definition) is 0. The molecular weight excluding hydrogens is 358 g/mol. The van der Waals surface area contributed by atoms with Crippen molar-refractivity contribution in [3.63, 3.8) is 0 Å². The highest BCUT2D eigenvalue weighted by molar-refractivity contribution is 6.21. The number of carbonyl (C=O) groups is 2. The van der Waals surface area contributed by atoms with Gasteiger partial charge in [-0.1, -0.05) is 0 Å². The summed E-state index contributed by atoms with van der Waals surface area (Å²) in [5, 5.41) is 9.24. The lowest BCUT2D eigenvalue weighted by Gasteiger charge is -2.26. The van der Waals surface area contributed by atoms with Crippen LogP contribution in [-0.4, -0.2) is 79.3 Å². The Bertz CT molecular complexity index is 718. The molecule has 2 aliphatic rings. The van der Waals surface area contributed by atoms with Crippen LogP contribution in [-0.2, 0) is 9.57 Å². The van der Waals surface area contributed by atoms with Gasteiger partial charge in [0.25, 0.3) is 16.9 Å². The van der Waals surface area contributed by atoms with Gasteiger partial charge >= 0.3 is 0 Å². The van der Waals surface area contributed by atoms with Crippen LogP contribution in [0.1, 0.15) is 27.1 Å². The highest BCUT2D eigenvalue weighted by atomic mass is 16.9. The van der Waals surface area contributed by atoms with Gasteiger partial charge in [-0.2, -0.15) is 0 Å². The Hall–Kier alpha value is -2.72. The summed E-state index contributed by atoms with van der Waals surface area (Å²) >= 11 is 0. The van der Waals surface area contributed by atoms with Crippen molar-refractivity contribution in [3.8, 4) is 5.75 Å². The van der Waals surface area contributed by atoms with Crippen LogP contribution in [0.5, 0.6) is 5.75 Å². The zero-order valence-corrected chi connectivity index (χ0v) is 14.8. The van der Waals surface area contributed by atoms with Crippen LogP contribution in [0.15, 0.2) is 18.2 Å². The molecule has 0 unspecified atom stereocenters. The molecule has 146 valence electrons. The second kappa shape index (κ2) is 8.78. The Labute approximate surface area is 155 Å². The van der Waals surface area contributed by atoms with Crippen molar-refractivity contribution >= 4 is 11.8 Å². The first kappa shape index (κ1) is 19.1. The highest BCUT2D eigenvalue weighted by Gasteiger charge is 2.35. The van der Waals surface area contributed by atoms with E-state index >= 15 is 0 Å². The van der Waals surface area contributed by atoms with Gasteiger partial charge in [0.2, 0.25) is 0 Å². The molecule has 0 spiro atoms. The molecule has 27 heavy (non-hydrogen) atoms. The van der Waals surface area contributed by atoms with Crippen molar-refractivity contribution in [2.75, 3.05) is 52.6 Å². The van der Waals surface area contributed by atoms with Crippen LogP contribution < -0.4 is 4.74 Å². The normalized spacial score (nSPS) is 17.1. The fourth-order valence-corrected chi connectivity index (χ4v) is 3.04. The lowest BCUT2D eigenvalue weighted by atomic mass is 10.1. The molecule has 3 rings (SSSR count). The monoisotopic (exact) mass is 379 g/mol. The van der Waals surface area contributed by atoms with E-state index in [2.05, 4.69) is 9.74 Å². The van der Waals surface area contributed by atoms with E-state index in [1.165, 1.54) is 0 Å². The molecule has 1 aromatic carbocycles. The molecule has 0 bridgehead atoms. The average Bonchev–Trinajstić information content (AvgIpc) is 2.90. The number of fused-ring (bicyclic) bond motifs is 1. The Balaban J connectivity index is 1.53. The smallest absolute Gasteiger partial charge is 0.294 e. The number of hydrogen-bond acceptors (Lipinski definition) is 8. The topological polar surface area (TPSA) is 111 Å². The van der Waals surface area contributed by atoms with Gasteiger partial charge in [-0.15, -0.1) is 10.1 Å². The minimum absolute atomic E-state index is 0.0629. The standard InChI is InChI=1S/C17H21N3O7/c21-16-14-3-2-13(26-11-7-18-5-9-25-10-6-18)12-15(14)17(22)19(16)4-1-8-27-20(23)24/h2-3,12H,1,4-11H2. The molecule has 10 nitrogen and oxygen atoms in total. The third-order valence-electron chi connectivity index (χ3n) is 4.44. The van der Waals surface area contributed by atoms with Gasteiger partial charge in [0.05, 0.1) is 30.9 Å². The molecule has 2 aliphatic heterocycles. The number of imide groups is 1. The van der Waals surface area contributed by atoms with Crippen LogP contribution >= 0.6 is 0 Å². The van der Waals surface area contributed by atoms with Gasteiger partial charge in [0, 0.05) is 26.2 Å². The molecule has 1 fully saturated rings. The third kappa shape index (κ3) is 4.72. The molecule has 0 radical (unpaired) electrons. The van der Waals surface area contributed by atoms with Crippen LogP contribution in [0.2, 0.25) is 0 Å². The van der Waals surface area contributed by atoms with Crippen molar-refractivity contribution in [2.24, 2.45) is 0 Å². The van der Waals surface area contributed by atoms with Crippen LogP contribution in [0.4, 0.5) is 0 Å². The second-order valence-electron chi connectivity index (χ2n) is 6.18. The summed E-state index contributed by atoms with van der Waals surface area (Å²) in [7, 11) is 0. The molecule has 0 aliphatic carbocycles. The predicted octanol–water partition coefficient (Wildman–Crippen LogP) is 0.592. The quantitative estimate of drug-likeness (QED) is 0.265. The molecule has 10 heteroatoms. The minimum atomic E-state index is -0.900. The zero-order valence-electron chi connectivity index (χ0n) is 14.8. The van der Waals surface area contributed by atoms with E-state index < -0.39 is 16.9 Å². The predicted molar refractivity (Wildman–Crippen MR) is 92.1 cm³/mol. The lowest BCUT2D eigenvalue weighted by molar-refractivity contribution is -0.757. The first-order chi connectivity index (χ1) is 13.1. The molecule has 2 heterocycles. The van der Waals surface area contributed by atoms with E-state index in [4.69, 9.17) is 9.47 Å². The Morgan fingerprint density at radius 1 is 1.07 bits per heavy atom. The van der Waals surface area contributed by atoms with Crippen molar-refractivity contribution in [1.82, 2.24) is 9.80 Å². The fourth-order valence-electron chi connectivity index (χ4n) is 3.04. The molecule has 0 N–H and O–H groups in total. The summed E-state index contributed by atoms with van der Waals surface area (Å²) in [5.41, 5.74) is 0.606. The summed E-state index contributed by atoms with van der Waals surface area (Å²) in [6, 6.07) is 4.82. The molecule has 0 saturated carbocycles. The minimum Gasteiger partial charge on any atom is -0.492 e. The lowest BCUT2D eigenvalue weighted by Crippen LogP contribution is -2.38.